The van der Waals surface area contributed by atoms with Crippen molar-refractivity contribution in [3.8, 4) is 0 Å². The van der Waals surface area contributed by atoms with E-state index in [9.17, 15) is 18.0 Å². The Kier molecular flexibility index (Phi) is 4.99. The van der Waals surface area contributed by atoms with E-state index in [2.05, 4.69) is 10.6 Å². The minimum absolute atomic E-state index is 0.101. The second-order valence-corrected chi connectivity index (χ2v) is 6.43. The average molecular weight is 354 g/mol. The molecular weight excluding hydrogens is 342 g/mol. The van der Waals surface area contributed by atoms with Crippen molar-refractivity contribution in [3.63, 3.8) is 0 Å². The van der Waals surface area contributed by atoms with Crippen LogP contribution in [0.2, 0.25) is 5.02 Å². The Balaban J connectivity index is 2.04. The maximum Gasteiger partial charge on any atom is 0.314 e. The first-order valence-electron chi connectivity index (χ1n) is 6.27. The number of sulfonamides is 1. The SMILES string of the molecule is NS(=O)(=O)c1ccc(NC(=O)C(=O)Nc2ccccc2Cl)cc1. The van der Waals surface area contributed by atoms with E-state index >= 15 is 0 Å². The van der Waals surface area contributed by atoms with Crippen molar-refractivity contribution in [1.82, 2.24) is 0 Å². The highest BCUT2D eigenvalue weighted by molar-refractivity contribution is 7.89. The standard InChI is InChI=1S/C14H12ClN3O4S/c15-11-3-1-2-4-12(11)18-14(20)13(19)17-9-5-7-10(8-6-9)23(16,21)22/h1-8H,(H,17,19)(H,18,20)(H2,16,21,22). The first kappa shape index (κ1) is 16.9. The second-order valence-electron chi connectivity index (χ2n) is 4.46. The highest BCUT2D eigenvalue weighted by atomic mass is 35.5. The van der Waals surface area contributed by atoms with E-state index in [1.807, 2.05) is 0 Å². The molecule has 0 aromatic heterocycles. The molecule has 23 heavy (non-hydrogen) atoms. The molecule has 2 aromatic rings. The van der Waals surface area contributed by atoms with Crippen LogP contribution < -0.4 is 15.8 Å². The van der Waals surface area contributed by atoms with Crippen molar-refractivity contribution in [3.05, 3.63) is 53.6 Å². The number of hydrogen-bond acceptors (Lipinski definition) is 4. The van der Waals surface area contributed by atoms with Crippen LogP contribution in [0.25, 0.3) is 0 Å². The number of carbonyl (C=O) groups is 2. The Labute approximate surface area is 137 Å². The van der Waals surface area contributed by atoms with Crippen LogP contribution in [-0.4, -0.2) is 20.2 Å². The fraction of sp³-hybridized carbons (Fsp3) is 0. The Bertz CT molecular complexity index is 851. The smallest absolute Gasteiger partial charge is 0.314 e. The summed E-state index contributed by atoms with van der Waals surface area (Å²) in [6.45, 7) is 0. The third kappa shape index (κ3) is 4.52. The lowest BCUT2D eigenvalue weighted by Crippen LogP contribution is -2.29. The number of amides is 2. The molecule has 2 aromatic carbocycles. The molecule has 0 bridgehead atoms. The van der Waals surface area contributed by atoms with Crippen LogP contribution in [0.4, 0.5) is 11.4 Å². The lowest BCUT2D eigenvalue weighted by molar-refractivity contribution is -0.132. The molecule has 0 fully saturated rings. The topological polar surface area (TPSA) is 118 Å². The van der Waals surface area contributed by atoms with Crippen molar-refractivity contribution in [1.29, 1.82) is 0 Å². The van der Waals surface area contributed by atoms with Crippen LogP contribution in [0.15, 0.2) is 53.4 Å². The summed E-state index contributed by atoms with van der Waals surface area (Å²) >= 11 is 5.88. The molecule has 0 saturated heterocycles. The molecule has 4 N–H and O–H groups in total. The zero-order valence-electron chi connectivity index (χ0n) is 11.6. The average Bonchev–Trinajstić information content (AvgIpc) is 2.49. The number of halogens is 1. The third-order valence-corrected chi connectivity index (χ3v) is 4.03. The van der Waals surface area contributed by atoms with E-state index in [-0.39, 0.29) is 10.6 Å². The molecule has 0 saturated carbocycles. The highest BCUT2D eigenvalue weighted by Gasteiger charge is 2.15. The van der Waals surface area contributed by atoms with Gasteiger partial charge in [0.1, 0.15) is 0 Å². The van der Waals surface area contributed by atoms with E-state index in [1.54, 1.807) is 24.3 Å². The number of rotatable bonds is 3. The van der Waals surface area contributed by atoms with Gasteiger partial charge in [0, 0.05) is 5.69 Å². The molecule has 0 aliphatic heterocycles. The fourth-order valence-electron chi connectivity index (χ4n) is 1.66. The van der Waals surface area contributed by atoms with Gasteiger partial charge in [0.2, 0.25) is 10.0 Å². The molecule has 7 nitrogen and oxygen atoms in total. The van der Waals surface area contributed by atoms with Crippen molar-refractivity contribution in [2.24, 2.45) is 5.14 Å². The molecule has 2 rings (SSSR count). The van der Waals surface area contributed by atoms with Crippen molar-refractivity contribution < 1.29 is 18.0 Å². The summed E-state index contributed by atoms with van der Waals surface area (Å²) in [7, 11) is -3.82. The largest absolute Gasteiger partial charge is 0.318 e. The van der Waals surface area contributed by atoms with E-state index in [4.69, 9.17) is 16.7 Å². The van der Waals surface area contributed by atoms with Gasteiger partial charge in [0.25, 0.3) is 0 Å². The Morgan fingerprint density at radius 3 is 2.04 bits per heavy atom. The maximum atomic E-state index is 11.8. The molecule has 0 aliphatic rings. The predicted molar refractivity (Wildman–Crippen MR) is 86.5 cm³/mol. The zero-order valence-corrected chi connectivity index (χ0v) is 13.2. The Morgan fingerprint density at radius 2 is 1.48 bits per heavy atom. The summed E-state index contributed by atoms with van der Waals surface area (Å²) < 4.78 is 22.2. The molecule has 0 unspecified atom stereocenters. The summed E-state index contributed by atoms with van der Waals surface area (Å²) in [4.78, 5) is 23.5. The summed E-state index contributed by atoms with van der Waals surface area (Å²) in [6.07, 6.45) is 0. The van der Waals surface area contributed by atoms with Gasteiger partial charge in [-0.2, -0.15) is 0 Å². The van der Waals surface area contributed by atoms with E-state index in [1.165, 1.54) is 24.3 Å². The van der Waals surface area contributed by atoms with Gasteiger partial charge in [-0.1, -0.05) is 23.7 Å². The Morgan fingerprint density at radius 1 is 0.913 bits per heavy atom. The van der Waals surface area contributed by atoms with Gasteiger partial charge in [0.05, 0.1) is 15.6 Å². The number of nitrogens with one attached hydrogen (secondary N) is 2. The van der Waals surface area contributed by atoms with Crippen LogP contribution in [-0.2, 0) is 19.6 Å². The van der Waals surface area contributed by atoms with Crippen LogP contribution in [0.1, 0.15) is 0 Å². The summed E-state index contributed by atoms with van der Waals surface area (Å²) in [5.41, 5.74) is 0.551. The highest BCUT2D eigenvalue weighted by Crippen LogP contribution is 2.20. The number of primary sulfonamides is 1. The molecule has 2 amide bonds. The normalized spacial score (nSPS) is 10.9. The molecular formula is C14H12ClN3O4S. The predicted octanol–water partition coefficient (Wildman–Crippen LogP) is 1.56. The summed E-state index contributed by atoms with van der Waals surface area (Å²) in [5, 5.41) is 9.96. The lowest BCUT2D eigenvalue weighted by atomic mass is 10.3. The second kappa shape index (κ2) is 6.78. The van der Waals surface area contributed by atoms with Crippen LogP contribution in [0, 0.1) is 0 Å². The minimum Gasteiger partial charge on any atom is -0.318 e. The number of anilines is 2. The zero-order chi connectivity index (χ0) is 17.0. The molecule has 0 atom stereocenters. The van der Waals surface area contributed by atoms with E-state index in [0.717, 1.165) is 0 Å². The van der Waals surface area contributed by atoms with Crippen LogP contribution >= 0.6 is 11.6 Å². The number of para-hydroxylation sites is 1. The van der Waals surface area contributed by atoms with Crippen LogP contribution in [0.3, 0.4) is 0 Å². The maximum absolute atomic E-state index is 11.8. The number of carbonyl (C=O) groups excluding carboxylic acids is 2. The lowest BCUT2D eigenvalue weighted by Gasteiger charge is -2.08. The van der Waals surface area contributed by atoms with E-state index < -0.39 is 21.8 Å². The Hall–Kier alpha value is -2.42. The molecule has 9 heteroatoms. The summed E-state index contributed by atoms with van der Waals surface area (Å²) in [5.74, 6) is -1.83. The number of hydrogen-bond donors (Lipinski definition) is 3. The number of nitrogens with two attached hydrogens (primary N) is 1. The van der Waals surface area contributed by atoms with Gasteiger partial charge in [-0.25, -0.2) is 13.6 Å². The molecule has 0 aliphatic carbocycles. The van der Waals surface area contributed by atoms with Crippen molar-refractivity contribution >= 4 is 44.8 Å². The van der Waals surface area contributed by atoms with Gasteiger partial charge in [0.15, 0.2) is 0 Å². The first-order chi connectivity index (χ1) is 10.8. The third-order valence-electron chi connectivity index (χ3n) is 2.77. The minimum atomic E-state index is -3.82. The van der Waals surface area contributed by atoms with Gasteiger partial charge in [-0.05, 0) is 36.4 Å². The van der Waals surface area contributed by atoms with Gasteiger partial charge >= 0.3 is 11.8 Å². The first-order valence-corrected chi connectivity index (χ1v) is 8.19. The van der Waals surface area contributed by atoms with Gasteiger partial charge < -0.3 is 10.6 Å². The quantitative estimate of drug-likeness (QED) is 0.725. The molecule has 0 heterocycles. The molecule has 0 radical (unpaired) electrons. The molecule has 120 valence electrons. The van der Waals surface area contributed by atoms with Gasteiger partial charge in [-0.3, -0.25) is 9.59 Å². The number of benzene rings is 2. The van der Waals surface area contributed by atoms with Crippen LogP contribution in [0.5, 0.6) is 0 Å². The van der Waals surface area contributed by atoms with Crippen molar-refractivity contribution in [2.75, 3.05) is 10.6 Å². The van der Waals surface area contributed by atoms with E-state index in [0.29, 0.717) is 10.7 Å². The molecule has 0 spiro atoms. The monoisotopic (exact) mass is 353 g/mol. The van der Waals surface area contributed by atoms with Crippen molar-refractivity contribution in [2.45, 2.75) is 4.90 Å². The van der Waals surface area contributed by atoms with Gasteiger partial charge in [-0.15, -0.1) is 0 Å². The fourth-order valence-corrected chi connectivity index (χ4v) is 2.36. The summed E-state index contributed by atoms with van der Waals surface area (Å²) in [6, 6.07) is 11.5.